The van der Waals surface area contributed by atoms with Crippen molar-refractivity contribution < 1.29 is 13.6 Å². The van der Waals surface area contributed by atoms with Gasteiger partial charge in [0, 0.05) is 30.6 Å². The number of pyridine rings is 1. The van der Waals surface area contributed by atoms with Crippen LogP contribution in [0.5, 0.6) is 0 Å². The fourth-order valence-corrected chi connectivity index (χ4v) is 3.54. The molecule has 148 valence electrons. The van der Waals surface area contributed by atoms with Gasteiger partial charge in [0.05, 0.1) is 11.4 Å². The summed E-state index contributed by atoms with van der Waals surface area (Å²) in [6.45, 7) is 1.22. The van der Waals surface area contributed by atoms with Crippen LogP contribution in [0.1, 0.15) is 17.9 Å². The topological polar surface area (TPSA) is 71.2 Å². The maximum Gasteiger partial charge on any atom is 0.323 e. The first-order chi connectivity index (χ1) is 14.0. The third-order valence-electron chi connectivity index (χ3n) is 5.11. The Labute approximate surface area is 167 Å². The lowest BCUT2D eigenvalue weighted by Gasteiger charge is -2.18. The molecule has 4 rings (SSSR count). The lowest BCUT2D eigenvalue weighted by Crippen LogP contribution is -2.33. The number of urea groups is 1. The lowest BCUT2D eigenvalue weighted by atomic mass is 9.99. The Kier molecular flexibility index (Phi) is 5.12. The summed E-state index contributed by atoms with van der Waals surface area (Å²) in [5.41, 5.74) is 7.81. The lowest BCUT2D eigenvalue weighted by molar-refractivity contribution is 0.222. The van der Waals surface area contributed by atoms with Crippen molar-refractivity contribution in [1.29, 1.82) is 0 Å². The molecule has 1 saturated heterocycles. The fourth-order valence-electron chi connectivity index (χ4n) is 3.54. The van der Waals surface area contributed by atoms with Gasteiger partial charge in [-0.3, -0.25) is 5.32 Å². The van der Waals surface area contributed by atoms with E-state index in [1.807, 2.05) is 18.2 Å². The minimum absolute atomic E-state index is 0.132. The van der Waals surface area contributed by atoms with Crippen LogP contribution in [0.4, 0.5) is 25.1 Å². The number of carbonyl (C=O) groups excluding carboxylic acids is 1. The number of aromatic nitrogens is 1. The third-order valence-corrected chi connectivity index (χ3v) is 5.11. The maximum absolute atomic E-state index is 14.1. The molecule has 3 N–H and O–H groups in total. The normalized spacial score (nSPS) is 16.1. The van der Waals surface area contributed by atoms with E-state index < -0.39 is 11.6 Å². The van der Waals surface area contributed by atoms with Gasteiger partial charge < -0.3 is 10.6 Å². The van der Waals surface area contributed by atoms with Crippen LogP contribution in [0.25, 0.3) is 11.3 Å². The average molecular weight is 394 g/mol. The number of nitrogens with zero attached hydrogens (tertiary/aromatic N) is 2. The molecule has 1 aliphatic rings. The van der Waals surface area contributed by atoms with Crippen LogP contribution < -0.4 is 11.1 Å². The minimum atomic E-state index is -0.732. The highest BCUT2D eigenvalue weighted by atomic mass is 19.1. The maximum atomic E-state index is 14.1. The molecule has 1 aromatic heterocycles. The van der Waals surface area contributed by atoms with E-state index >= 15 is 0 Å². The molecule has 29 heavy (non-hydrogen) atoms. The van der Waals surface area contributed by atoms with Gasteiger partial charge in [0.15, 0.2) is 5.82 Å². The number of amides is 2. The first-order valence-electron chi connectivity index (χ1n) is 9.34. The fraction of sp³-hybridized carbons (Fsp3) is 0.182. The van der Waals surface area contributed by atoms with Gasteiger partial charge in [-0.2, -0.15) is 0 Å². The predicted octanol–water partition coefficient (Wildman–Crippen LogP) is 4.63. The number of rotatable bonds is 3. The van der Waals surface area contributed by atoms with E-state index in [4.69, 9.17) is 5.73 Å². The monoisotopic (exact) mass is 394 g/mol. The van der Waals surface area contributed by atoms with Crippen LogP contribution >= 0.6 is 0 Å². The Bertz CT molecular complexity index is 1040. The zero-order valence-electron chi connectivity index (χ0n) is 15.6. The Morgan fingerprint density at radius 1 is 1.10 bits per heavy atom. The number of nitrogen functional groups attached to an aromatic ring is 1. The highest BCUT2D eigenvalue weighted by molar-refractivity contribution is 5.92. The second-order valence-corrected chi connectivity index (χ2v) is 7.03. The predicted molar refractivity (Wildman–Crippen MR) is 108 cm³/mol. The number of hydrogen-bond acceptors (Lipinski definition) is 3. The van der Waals surface area contributed by atoms with Crippen LogP contribution in [0, 0.1) is 11.6 Å². The molecule has 3 aromatic rings. The number of carbonyl (C=O) groups is 1. The quantitative estimate of drug-likeness (QED) is 0.680. The van der Waals surface area contributed by atoms with E-state index in [2.05, 4.69) is 22.4 Å². The van der Waals surface area contributed by atoms with Gasteiger partial charge in [-0.05, 0) is 36.2 Å². The molecule has 5 nitrogen and oxygen atoms in total. The summed E-state index contributed by atoms with van der Waals surface area (Å²) in [6.07, 6.45) is 0.876. The van der Waals surface area contributed by atoms with Gasteiger partial charge in [-0.15, -0.1) is 0 Å². The molecule has 2 heterocycles. The average Bonchev–Trinajstić information content (AvgIpc) is 3.21. The summed E-state index contributed by atoms with van der Waals surface area (Å²) in [4.78, 5) is 18.7. The molecule has 1 unspecified atom stereocenters. The summed E-state index contributed by atoms with van der Waals surface area (Å²) in [5, 5.41) is 2.72. The largest absolute Gasteiger partial charge is 0.396 e. The van der Waals surface area contributed by atoms with Crippen molar-refractivity contribution in [3.05, 3.63) is 77.9 Å². The Morgan fingerprint density at radius 3 is 2.66 bits per heavy atom. The van der Waals surface area contributed by atoms with Crippen molar-refractivity contribution in [3.63, 3.8) is 0 Å². The van der Waals surface area contributed by atoms with E-state index in [1.165, 1.54) is 23.8 Å². The molecule has 0 radical (unpaired) electrons. The Morgan fingerprint density at radius 2 is 1.90 bits per heavy atom. The minimum Gasteiger partial charge on any atom is -0.396 e. The molecule has 1 atom stereocenters. The highest BCUT2D eigenvalue weighted by Crippen LogP contribution is 2.29. The second kappa shape index (κ2) is 7.87. The van der Waals surface area contributed by atoms with Crippen LogP contribution in [0.2, 0.25) is 0 Å². The van der Waals surface area contributed by atoms with Gasteiger partial charge >= 0.3 is 6.03 Å². The molecule has 0 spiro atoms. The first-order valence-corrected chi connectivity index (χ1v) is 9.34. The van der Waals surface area contributed by atoms with Gasteiger partial charge in [0.2, 0.25) is 0 Å². The summed E-state index contributed by atoms with van der Waals surface area (Å²) in [7, 11) is 0. The number of anilines is 2. The molecule has 1 aliphatic heterocycles. The van der Waals surface area contributed by atoms with Crippen molar-refractivity contribution in [3.8, 4) is 11.3 Å². The van der Waals surface area contributed by atoms with Crippen LogP contribution in [0.3, 0.4) is 0 Å². The van der Waals surface area contributed by atoms with E-state index in [-0.39, 0.29) is 34.7 Å². The Hall–Kier alpha value is -3.48. The molecule has 0 saturated carbocycles. The number of nitrogens with two attached hydrogens (primary N) is 1. The first kappa shape index (κ1) is 18.9. The standard InChI is InChI=1S/C22H20F2N4O/c23-16-6-7-17(18(24)12-16)20-9-8-19(25)21(26-20)27-22(29)28-11-10-15(13-28)14-4-2-1-3-5-14/h1-9,12,15H,10-11,13,25H2,(H,26,27,29). The van der Waals surface area contributed by atoms with Crippen molar-refractivity contribution in [1.82, 2.24) is 9.88 Å². The molecule has 0 bridgehead atoms. The number of halogens is 2. The van der Waals surface area contributed by atoms with Crippen molar-refractivity contribution in [2.24, 2.45) is 0 Å². The van der Waals surface area contributed by atoms with Gasteiger partial charge in [0.1, 0.15) is 11.6 Å². The Balaban J connectivity index is 1.50. The SMILES string of the molecule is Nc1ccc(-c2ccc(F)cc2F)nc1NC(=O)N1CCC(c2ccccc2)C1. The molecule has 1 fully saturated rings. The summed E-state index contributed by atoms with van der Waals surface area (Å²) >= 11 is 0. The van der Waals surface area contributed by atoms with Gasteiger partial charge in [-0.1, -0.05) is 30.3 Å². The third kappa shape index (κ3) is 4.03. The van der Waals surface area contributed by atoms with Crippen LogP contribution in [0.15, 0.2) is 60.7 Å². The van der Waals surface area contributed by atoms with E-state index in [0.29, 0.717) is 13.1 Å². The van der Waals surface area contributed by atoms with E-state index in [1.54, 1.807) is 4.90 Å². The molecule has 7 heteroatoms. The summed E-state index contributed by atoms with van der Waals surface area (Å²) in [6, 6.07) is 16.1. The smallest absolute Gasteiger partial charge is 0.323 e. The van der Waals surface area contributed by atoms with Crippen LogP contribution in [-0.4, -0.2) is 29.0 Å². The van der Waals surface area contributed by atoms with E-state index in [9.17, 15) is 13.6 Å². The summed E-state index contributed by atoms with van der Waals surface area (Å²) < 4.78 is 27.2. The summed E-state index contributed by atoms with van der Waals surface area (Å²) in [5.74, 6) is -0.965. The van der Waals surface area contributed by atoms with Crippen molar-refractivity contribution in [2.75, 3.05) is 24.1 Å². The highest BCUT2D eigenvalue weighted by Gasteiger charge is 2.27. The van der Waals surface area contributed by atoms with E-state index in [0.717, 1.165) is 18.6 Å². The molecule has 2 amide bonds. The van der Waals surface area contributed by atoms with Crippen LogP contribution in [-0.2, 0) is 0 Å². The number of likely N-dealkylation sites (tertiary alicyclic amines) is 1. The number of hydrogen-bond donors (Lipinski definition) is 2. The zero-order valence-corrected chi connectivity index (χ0v) is 15.6. The second-order valence-electron chi connectivity index (χ2n) is 7.03. The van der Waals surface area contributed by atoms with Crippen molar-refractivity contribution in [2.45, 2.75) is 12.3 Å². The van der Waals surface area contributed by atoms with Crippen molar-refractivity contribution >= 4 is 17.5 Å². The van der Waals surface area contributed by atoms with Gasteiger partial charge in [0.25, 0.3) is 0 Å². The van der Waals surface area contributed by atoms with Gasteiger partial charge in [-0.25, -0.2) is 18.6 Å². The molecule has 2 aromatic carbocycles. The number of benzene rings is 2. The zero-order chi connectivity index (χ0) is 20.4. The molecular formula is C22H20F2N4O. The number of nitrogens with one attached hydrogen (secondary N) is 1. The molecular weight excluding hydrogens is 374 g/mol. The molecule has 0 aliphatic carbocycles.